The first-order valence-corrected chi connectivity index (χ1v) is 11.3. The van der Waals surface area contributed by atoms with Crippen molar-refractivity contribution in [1.82, 2.24) is 9.71 Å². The fourth-order valence-electron chi connectivity index (χ4n) is 2.18. The number of nitrogens with one attached hydrogen (secondary N) is 2. The lowest BCUT2D eigenvalue weighted by molar-refractivity contribution is -0.117. The standard InChI is InChI=1S/C17H19ClFN3O4S2/c1-26-16-6-3-11(10-20-16)21-17(23)15(7-8-27-2)22-28(24,25)12-4-5-14(19)13(18)9-12/h3-6,9-10,15,22H,7-8H2,1-2H3,(H,21,23)/t15-/m1/s1. The summed E-state index contributed by atoms with van der Waals surface area (Å²) in [6.45, 7) is 0. The molecule has 152 valence electrons. The minimum Gasteiger partial charge on any atom is -0.481 e. The SMILES string of the molecule is COc1ccc(NC(=O)[C@@H](CCSC)NS(=O)(=O)c2ccc(F)c(Cl)c2)cn1. The van der Waals surface area contributed by atoms with Crippen LogP contribution >= 0.6 is 23.4 Å². The smallest absolute Gasteiger partial charge is 0.242 e. The van der Waals surface area contributed by atoms with Crippen molar-refractivity contribution >= 4 is 45.0 Å². The summed E-state index contributed by atoms with van der Waals surface area (Å²) in [6, 6.07) is 5.15. The number of hydrogen-bond acceptors (Lipinski definition) is 6. The lowest BCUT2D eigenvalue weighted by Gasteiger charge is -2.18. The van der Waals surface area contributed by atoms with Gasteiger partial charge in [-0.3, -0.25) is 4.79 Å². The summed E-state index contributed by atoms with van der Waals surface area (Å²) in [7, 11) is -2.62. The summed E-state index contributed by atoms with van der Waals surface area (Å²) in [5.41, 5.74) is 0.393. The van der Waals surface area contributed by atoms with Gasteiger partial charge in [0.1, 0.15) is 11.9 Å². The molecule has 1 aromatic carbocycles. The molecule has 11 heteroatoms. The maximum atomic E-state index is 13.3. The fourth-order valence-corrected chi connectivity index (χ4v) is 4.16. The molecule has 1 amide bonds. The van der Waals surface area contributed by atoms with E-state index in [0.29, 0.717) is 17.3 Å². The third-order valence-electron chi connectivity index (χ3n) is 3.64. The second kappa shape index (κ2) is 10.1. The average Bonchev–Trinajstić information content (AvgIpc) is 2.67. The highest BCUT2D eigenvalue weighted by Gasteiger charge is 2.26. The van der Waals surface area contributed by atoms with Crippen molar-refractivity contribution < 1.29 is 22.3 Å². The van der Waals surface area contributed by atoms with Gasteiger partial charge in [-0.1, -0.05) is 11.6 Å². The van der Waals surface area contributed by atoms with Crippen LogP contribution in [0.1, 0.15) is 6.42 Å². The van der Waals surface area contributed by atoms with E-state index in [-0.39, 0.29) is 16.3 Å². The Balaban J connectivity index is 2.18. The second-order valence-corrected chi connectivity index (χ2v) is 8.72. The number of sulfonamides is 1. The number of nitrogens with zero attached hydrogens (tertiary/aromatic N) is 1. The quantitative estimate of drug-likeness (QED) is 0.613. The second-order valence-electron chi connectivity index (χ2n) is 5.61. The van der Waals surface area contributed by atoms with Crippen molar-refractivity contribution in [2.45, 2.75) is 17.4 Å². The Kier molecular flexibility index (Phi) is 8.05. The molecule has 0 aliphatic heterocycles. The van der Waals surface area contributed by atoms with Crippen LogP contribution in [0, 0.1) is 5.82 Å². The van der Waals surface area contributed by atoms with E-state index in [0.717, 1.165) is 18.2 Å². The summed E-state index contributed by atoms with van der Waals surface area (Å²) in [4.78, 5) is 16.4. The number of hydrogen-bond donors (Lipinski definition) is 2. The zero-order valence-corrected chi connectivity index (χ0v) is 17.5. The Labute approximate surface area is 172 Å². The number of pyridine rings is 1. The Bertz CT molecular complexity index is 926. The van der Waals surface area contributed by atoms with Crippen molar-refractivity contribution in [2.75, 3.05) is 24.4 Å². The van der Waals surface area contributed by atoms with Crippen molar-refractivity contribution in [3.8, 4) is 5.88 Å². The van der Waals surface area contributed by atoms with Crippen LogP contribution < -0.4 is 14.8 Å². The first kappa shape index (κ1) is 22.4. The van der Waals surface area contributed by atoms with Gasteiger partial charge in [-0.15, -0.1) is 0 Å². The number of benzene rings is 1. The number of amides is 1. The molecule has 0 aliphatic carbocycles. The first-order chi connectivity index (χ1) is 13.3. The van der Waals surface area contributed by atoms with Crippen LogP contribution in [0.2, 0.25) is 5.02 Å². The van der Waals surface area contributed by atoms with Gasteiger partial charge in [0, 0.05) is 6.07 Å². The van der Waals surface area contributed by atoms with Crippen LogP contribution in [0.25, 0.3) is 0 Å². The molecular weight excluding hydrogens is 429 g/mol. The number of carbonyl (C=O) groups excluding carboxylic acids is 1. The van der Waals surface area contributed by atoms with Crippen molar-refractivity contribution in [3.05, 3.63) is 47.4 Å². The fraction of sp³-hybridized carbons (Fsp3) is 0.294. The topological polar surface area (TPSA) is 97.4 Å². The highest BCUT2D eigenvalue weighted by molar-refractivity contribution is 7.98. The van der Waals surface area contributed by atoms with Crippen molar-refractivity contribution in [2.24, 2.45) is 0 Å². The molecule has 7 nitrogen and oxygen atoms in total. The number of rotatable bonds is 9. The summed E-state index contributed by atoms with van der Waals surface area (Å²) in [5.74, 6) is -0.348. The molecule has 2 aromatic rings. The number of anilines is 1. The molecule has 0 saturated heterocycles. The largest absolute Gasteiger partial charge is 0.481 e. The molecule has 2 rings (SSSR count). The van der Waals surface area contributed by atoms with E-state index in [4.69, 9.17) is 16.3 Å². The molecule has 2 N–H and O–H groups in total. The monoisotopic (exact) mass is 447 g/mol. The van der Waals surface area contributed by atoms with Gasteiger partial charge in [0.25, 0.3) is 0 Å². The van der Waals surface area contributed by atoms with Gasteiger partial charge in [-0.05, 0) is 42.7 Å². The Morgan fingerprint density at radius 1 is 1.36 bits per heavy atom. The van der Waals surface area contributed by atoms with Gasteiger partial charge in [0.2, 0.25) is 21.8 Å². The maximum absolute atomic E-state index is 13.3. The average molecular weight is 448 g/mol. The van der Waals surface area contributed by atoms with E-state index in [1.165, 1.54) is 25.1 Å². The lowest BCUT2D eigenvalue weighted by atomic mass is 10.2. The van der Waals surface area contributed by atoms with Crippen LogP contribution in [-0.2, 0) is 14.8 Å². The summed E-state index contributed by atoms with van der Waals surface area (Å²) < 4.78 is 45.8. The molecule has 0 fully saturated rings. The first-order valence-electron chi connectivity index (χ1n) is 8.04. The van der Waals surface area contributed by atoms with Crippen LogP contribution in [0.15, 0.2) is 41.4 Å². The summed E-state index contributed by atoms with van der Waals surface area (Å²) in [6.07, 6.45) is 3.50. The highest BCUT2D eigenvalue weighted by atomic mass is 35.5. The minimum absolute atomic E-state index is 0.230. The zero-order valence-electron chi connectivity index (χ0n) is 15.1. The minimum atomic E-state index is -4.08. The van der Waals surface area contributed by atoms with Crippen molar-refractivity contribution in [3.63, 3.8) is 0 Å². The Morgan fingerprint density at radius 3 is 2.68 bits per heavy atom. The predicted octanol–water partition coefficient (Wildman–Crippen LogP) is 2.92. The third-order valence-corrected chi connectivity index (χ3v) is 6.04. The molecule has 0 bridgehead atoms. The maximum Gasteiger partial charge on any atom is 0.242 e. The normalized spacial score (nSPS) is 12.4. The molecule has 0 radical (unpaired) electrons. The number of halogens is 2. The van der Waals surface area contributed by atoms with Crippen LogP contribution in [0.3, 0.4) is 0 Å². The number of ether oxygens (including phenoxy) is 1. The molecule has 1 atom stereocenters. The van der Waals surface area contributed by atoms with Gasteiger partial charge in [-0.2, -0.15) is 16.5 Å². The predicted molar refractivity (Wildman–Crippen MR) is 108 cm³/mol. The Morgan fingerprint density at radius 2 is 2.11 bits per heavy atom. The third kappa shape index (κ3) is 6.06. The Hall–Kier alpha value is -1.88. The molecule has 1 aromatic heterocycles. The van der Waals surface area contributed by atoms with Gasteiger partial charge < -0.3 is 10.1 Å². The molecule has 1 heterocycles. The van der Waals surface area contributed by atoms with Crippen molar-refractivity contribution in [1.29, 1.82) is 0 Å². The number of aromatic nitrogens is 1. The van der Waals surface area contributed by atoms with E-state index >= 15 is 0 Å². The zero-order chi connectivity index (χ0) is 20.7. The van der Waals surface area contributed by atoms with Gasteiger partial charge >= 0.3 is 0 Å². The number of thioether (sulfide) groups is 1. The molecular formula is C17H19ClFN3O4S2. The molecule has 0 spiro atoms. The highest BCUT2D eigenvalue weighted by Crippen LogP contribution is 2.20. The summed E-state index contributed by atoms with van der Waals surface area (Å²) in [5, 5.41) is 2.30. The molecule has 0 aliphatic rings. The molecule has 0 unspecified atom stereocenters. The van der Waals surface area contributed by atoms with E-state index in [2.05, 4.69) is 15.0 Å². The lowest BCUT2D eigenvalue weighted by Crippen LogP contribution is -2.44. The van der Waals surface area contributed by atoms with Crippen LogP contribution in [0.4, 0.5) is 10.1 Å². The van der Waals surface area contributed by atoms with Gasteiger partial charge in [0.05, 0.1) is 28.9 Å². The van der Waals surface area contributed by atoms with Crippen LogP contribution in [0.5, 0.6) is 5.88 Å². The van der Waals surface area contributed by atoms with Gasteiger partial charge in [-0.25, -0.2) is 17.8 Å². The van der Waals surface area contributed by atoms with E-state index in [9.17, 15) is 17.6 Å². The number of methoxy groups -OCH3 is 1. The molecule has 28 heavy (non-hydrogen) atoms. The van der Waals surface area contributed by atoms with Crippen LogP contribution in [-0.4, -0.2) is 44.5 Å². The van der Waals surface area contributed by atoms with E-state index in [1.807, 2.05) is 6.26 Å². The van der Waals surface area contributed by atoms with E-state index in [1.54, 1.807) is 12.1 Å². The van der Waals surface area contributed by atoms with E-state index < -0.39 is 27.8 Å². The number of carbonyl (C=O) groups is 1. The van der Waals surface area contributed by atoms with Gasteiger partial charge in [0.15, 0.2) is 0 Å². The summed E-state index contributed by atoms with van der Waals surface area (Å²) >= 11 is 7.14. The molecule has 0 saturated carbocycles.